The normalized spacial score (nSPS) is 13.8. The Balaban J connectivity index is 1.29. The molecule has 4 aromatic heterocycles. The van der Waals surface area contributed by atoms with Crippen LogP contribution in [-0.2, 0) is 12.7 Å². The quantitative estimate of drug-likeness (QED) is 0.245. The number of aromatic nitrogens is 8. The van der Waals surface area contributed by atoms with Crippen molar-refractivity contribution >= 4 is 28.7 Å². The number of ether oxygens (including phenoxy) is 1. The number of rotatable bonds is 8. The molecule has 1 fully saturated rings. The minimum Gasteiger partial charge on any atom is -0.480 e. The molecule has 40 heavy (non-hydrogen) atoms. The molecular weight excluding hydrogens is 543 g/mol. The summed E-state index contributed by atoms with van der Waals surface area (Å²) in [5.74, 6) is 1.87. The highest BCUT2D eigenvalue weighted by Crippen LogP contribution is 2.45. The van der Waals surface area contributed by atoms with Crippen molar-refractivity contribution < 1.29 is 17.9 Å². The number of anilines is 1. The van der Waals surface area contributed by atoms with Crippen LogP contribution in [0.3, 0.4) is 0 Å². The zero-order valence-electron chi connectivity index (χ0n) is 21.8. The maximum absolute atomic E-state index is 13.3. The molecule has 0 unspecified atom stereocenters. The van der Waals surface area contributed by atoms with Gasteiger partial charge in [-0.05, 0) is 32.3 Å². The molecule has 1 saturated carbocycles. The first-order valence-electron chi connectivity index (χ1n) is 12.6. The average Bonchev–Trinajstić information content (AvgIpc) is 3.48. The van der Waals surface area contributed by atoms with E-state index in [1.54, 1.807) is 19.2 Å². The fourth-order valence-corrected chi connectivity index (χ4v) is 4.93. The van der Waals surface area contributed by atoms with Gasteiger partial charge in [-0.2, -0.15) is 21.9 Å². The number of benzene rings is 1. The lowest BCUT2D eigenvalue weighted by Crippen LogP contribution is -2.07. The van der Waals surface area contributed by atoms with Crippen LogP contribution >= 0.6 is 11.7 Å². The van der Waals surface area contributed by atoms with Gasteiger partial charge < -0.3 is 14.6 Å². The lowest BCUT2D eigenvalue weighted by molar-refractivity contribution is -0.140. The van der Waals surface area contributed by atoms with E-state index in [4.69, 9.17) is 9.72 Å². The zero-order valence-corrected chi connectivity index (χ0v) is 22.6. The molecule has 0 radical (unpaired) electrons. The van der Waals surface area contributed by atoms with Crippen molar-refractivity contribution in [1.82, 2.24) is 38.2 Å². The van der Waals surface area contributed by atoms with E-state index in [-0.39, 0.29) is 11.9 Å². The van der Waals surface area contributed by atoms with Crippen molar-refractivity contribution in [2.45, 2.75) is 51.4 Å². The van der Waals surface area contributed by atoms with Crippen molar-refractivity contribution in [1.29, 1.82) is 0 Å². The van der Waals surface area contributed by atoms with Crippen LogP contribution in [0.15, 0.2) is 36.8 Å². The topological polar surface area (TPSA) is 116 Å². The molecule has 0 atom stereocenters. The Labute approximate surface area is 231 Å². The second-order valence-corrected chi connectivity index (χ2v) is 10.3. The molecule has 0 spiro atoms. The molecule has 0 amide bonds. The van der Waals surface area contributed by atoms with E-state index in [1.807, 2.05) is 26.0 Å². The van der Waals surface area contributed by atoms with Crippen molar-refractivity contribution in [2.24, 2.45) is 0 Å². The lowest BCUT2D eigenvalue weighted by Gasteiger charge is -2.13. The Bertz CT molecular complexity index is 1680. The standard InChI is InChI=1S/C26H24F3N9OS/c1-13(2)38-11-17(26(27,28)29)33-24(38)16-6-4-14(5-7-16)10-30-22-20-23(37-40-36-20)35-21(34-22)18-19(15-8-9-15)31-12-32-25(18)39-3/h4-7,11-13,15H,8-10H2,1-3H3,(H,30,34,35,37). The molecule has 206 valence electrons. The molecule has 1 aromatic carbocycles. The fraction of sp³-hybridized carbons (Fsp3) is 0.346. The summed E-state index contributed by atoms with van der Waals surface area (Å²) in [5, 5.41) is 3.32. The highest BCUT2D eigenvalue weighted by Gasteiger charge is 2.35. The molecule has 10 nitrogen and oxygen atoms in total. The Morgan fingerprint density at radius 3 is 2.52 bits per heavy atom. The number of halogens is 3. The van der Waals surface area contributed by atoms with Crippen LogP contribution in [0.2, 0.25) is 0 Å². The van der Waals surface area contributed by atoms with Crippen molar-refractivity contribution in [2.75, 3.05) is 12.4 Å². The highest BCUT2D eigenvalue weighted by atomic mass is 32.1. The van der Waals surface area contributed by atoms with Crippen molar-refractivity contribution in [3.63, 3.8) is 0 Å². The average molecular weight is 568 g/mol. The Kier molecular flexibility index (Phi) is 6.56. The maximum atomic E-state index is 13.3. The highest BCUT2D eigenvalue weighted by molar-refractivity contribution is 7.00. The van der Waals surface area contributed by atoms with E-state index in [0.29, 0.717) is 52.3 Å². The van der Waals surface area contributed by atoms with Crippen molar-refractivity contribution in [3.05, 3.63) is 53.7 Å². The Morgan fingerprint density at radius 2 is 1.85 bits per heavy atom. The second kappa shape index (κ2) is 10.1. The van der Waals surface area contributed by atoms with Gasteiger partial charge in [-0.3, -0.25) is 0 Å². The number of imidazole rings is 1. The SMILES string of the molecule is COc1ncnc(C2CC2)c1-c1nc(NCc2ccc(-c3nc(C(F)(F)F)cn3C(C)C)cc2)c2nsnc2n1. The maximum Gasteiger partial charge on any atom is 0.434 e. The Hall–Kier alpha value is -4.20. The predicted molar refractivity (Wildman–Crippen MR) is 143 cm³/mol. The summed E-state index contributed by atoms with van der Waals surface area (Å²) in [6, 6.07) is 7.02. The molecule has 1 aliphatic carbocycles. The first-order chi connectivity index (χ1) is 19.2. The van der Waals surface area contributed by atoms with Crippen LogP contribution in [-0.4, -0.2) is 45.3 Å². The van der Waals surface area contributed by atoms with Gasteiger partial charge in [0.05, 0.1) is 24.5 Å². The number of nitrogens with zero attached hydrogens (tertiary/aromatic N) is 8. The predicted octanol–water partition coefficient (Wildman–Crippen LogP) is 5.90. The minimum absolute atomic E-state index is 0.185. The number of hydrogen-bond donors (Lipinski definition) is 1. The minimum atomic E-state index is -4.51. The van der Waals surface area contributed by atoms with Gasteiger partial charge in [-0.15, -0.1) is 0 Å². The van der Waals surface area contributed by atoms with Gasteiger partial charge in [-0.25, -0.2) is 24.9 Å². The van der Waals surface area contributed by atoms with Gasteiger partial charge in [0.15, 0.2) is 28.5 Å². The van der Waals surface area contributed by atoms with Gasteiger partial charge in [0.1, 0.15) is 17.7 Å². The summed E-state index contributed by atoms with van der Waals surface area (Å²) in [7, 11) is 1.55. The number of methoxy groups -OCH3 is 1. The van der Waals surface area contributed by atoms with E-state index in [2.05, 4.69) is 34.0 Å². The third-order valence-electron chi connectivity index (χ3n) is 6.60. The first kappa shape index (κ1) is 26.0. The summed E-state index contributed by atoms with van der Waals surface area (Å²) in [5.41, 5.74) is 3.05. The van der Waals surface area contributed by atoms with Crippen LogP contribution in [0.1, 0.15) is 55.6 Å². The smallest absolute Gasteiger partial charge is 0.434 e. The van der Waals surface area contributed by atoms with Gasteiger partial charge >= 0.3 is 6.18 Å². The van der Waals surface area contributed by atoms with Gasteiger partial charge in [0.2, 0.25) is 5.88 Å². The summed E-state index contributed by atoms with van der Waals surface area (Å²) < 4.78 is 55.6. The van der Waals surface area contributed by atoms with Crippen LogP contribution in [0, 0.1) is 0 Å². The van der Waals surface area contributed by atoms with E-state index in [0.717, 1.165) is 42.0 Å². The Morgan fingerprint density at radius 1 is 1.07 bits per heavy atom. The van der Waals surface area contributed by atoms with Crippen LogP contribution in [0.4, 0.5) is 19.0 Å². The molecule has 0 saturated heterocycles. The van der Waals surface area contributed by atoms with E-state index >= 15 is 0 Å². The van der Waals surface area contributed by atoms with Gasteiger partial charge in [0.25, 0.3) is 0 Å². The summed E-state index contributed by atoms with van der Waals surface area (Å²) in [6.45, 7) is 4.02. The number of alkyl halides is 3. The van der Waals surface area contributed by atoms with Crippen LogP contribution in [0.5, 0.6) is 5.88 Å². The lowest BCUT2D eigenvalue weighted by atomic mass is 10.1. The van der Waals surface area contributed by atoms with Crippen LogP contribution in [0.25, 0.3) is 33.9 Å². The zero-order chi connectivity index (χ0) is 28.0. The van der Waals surface area contributed by atoms with E-state index < -0.39 is 11.9 Å². The van der Waals surface area contributed by atoms with E-state index in [1.165, 1.54) is 10.9 Å². The second-order valence-electron chi connectivity index (χ2n) is 9.75. The summed E-state index contributed by atoms with van der Waals surface area (Å²) >= 11 is 1.04. The molecule has 6 rings (SSSR count). The molecular formula is C26H24F3N9OS. The third-order valence-corrected chi connectivity index (χ3v) is 7.12. The summed E-state index contributed by atoms with van der Waals surface area (Å²) in [4.78, 5) is 22.0. The van der Waals surface area contributed by atoms with Crippen LogP contribution < -0.4 is 10.1 Å². The molecule has 14 heteroatoms. The monoisotopic (exact) mass is 567 g/mol. The van der Waals surface area contributed by atoms with E-state index in [9.17, 15) is 13.2 Å². The number of fused-ring (bicyclic) bond motifs is 1. The third kappa shape index (κ3) is 4.94. The molecule has 1 N–H and O–H groups in total. The van der Waals surface area contributed by atoms with Gasteiger partial charge in [-0.1, -0.05) is 24.3 Å². The molecule has 5 aromatic rings. The van der Waals surface area contributed by atoms with Gasteiger partial charge in [0, 0.05) is 30.3 Å². The first-order valence-corrected chi connectivity index (χ1v) is 13.3. The molecule has 4 heterocycles. The molecule has 1 aliphatic rings. The number of hydrogen-bond acceptors (Lipinski definition) is 10. The molecule has 0 bridgehead atoms. The largest absolute Gasteiger partial charge is 0.480 e. The van der Waals surface area contributed by atoms with Crippen molar-refractivity contribution in [3.8, 4) is 28.7 Å². The number of nitrogens with one attached hydrogen (secondary N) is 1. The fourth-order valence-electron chi connectivity index (χ4n) is 4.43. The molecule has 0 aliphatic heterocycles. The summed E-state index contributed by atoms with van der Waals surface area (Å²) in [6.07, 6.45) is 0.0870.